The second kappa shape index (κ2) is 6.49. The van der Waals surface area contributed by atoms with Gasteiger partial charge in [0.25, 0.3) is 0 Å². The highest BCUT2D eigenvalue weighted by molar-refractivity contribution is 4.81. The molecule has 0 aliphatic heterocycles. The van der Waals surface area contributed by atoms with Crippen LogP contribution in [0.25, 0.3) is 0 Å². The number of rotatable bonds is 7. The number of nitrogens with one attached hydrogen (secondary N) is 1. The van der Waals surface area contributed by atoms with E-state index in [1.807, 2.05) is 0 Å². The van der Waals surface area contributed by atoms with Gasteiger partial charge >= 0.3 is 0 Å². The van der Waals surface area contributed by atoms with E-state index in [0.29, 0.717) is 12.1 Å². The van der Waals surface area contributed by atoms with Gasteiger partial charge in [-0.05, 0) is 45.7 Å². The summed E-state index contributed by atoms with van der Waals surface area (Å²) in [6.07, 6.45) is 4.37. The lowest BCUT2D eigenvalue weighted by Gasteiger charge is -2.37. The third-order valence-electron chi connectivity index (χ3n) is 3.95. The van der Waals surface area contributed by atoms with Crippen LogP contribution in [-0.2, 0) is 0 Å². The Hall–Kier alpha value is -0.0800. The minimum absolute atomic E-state index is 0.607. The lowest BCUT2D eigenvalue weighted by atomic mass is 9.84. The molecule has 0 aromatic carbocycles. The Morgan fingerprint density at radius 3 is 2.33 bits per heavy atom. The fourth-order valence-electron chi connectivity index (χ4n) is 2.40. The molecule has 0 spiro atoms. The standard InChI is InChI=1S/C13H28N2/c1-5-14-11(3)12(4)15(6-2)10-13-8-7-9-13/h11-14H,5-10H2,1-4H3. The van der Waals surface area contributed by atoms with E-state index in [9.17, 15) is 0 Å². The second-order valence-corrected chi connectivity index (χ2v) is 4.97. The highest BCUT2D eigenvalue weighted by Gasteiger charge is 2.24. The lowest BCUT2D eigenvalue weighted by Crippen LogP contribution is -2.48. The zero-order chi connectivity index (χ0) is 11.3. The molecule has 90 valence electrons. The molecule has 0 amide bonds. The highest BCUT2D eigenvalue weighted by Crippen LogP contribution is 2.27. The van der Waals surface area contributed by atoms with E-state index in [0.717, 1.165) is 12.5 Å². The van der Waals surface area contributed by atoms with Crippen molar-refractivity contribution in [2.24, 2.45) is 5.92 Å². The van der Waals surface area contributed by atoms with E-state index in [-0.39, 0.29) is 0 Å². The molecule has 15 heavy (non-hydrogen) atoms. The summed E-state index contributed by atoms with van der Waals surface area (Å²) < 4.78 is 0. The third kappa shape index (κ3) is 3.76. The number of likely N-dealkylation sites (N-methyl/N-ethyl adjacent to an activating group) is 2. The minimum atomic E-state index is 0.607. The highest BCUT2D eigenvalue weighted by atomic mass is 15.2. The van der Waals surface area contributed by atoms with Crippen LogP contribution in [0, 0.1) is 5.92 Å². The van der Waals surface area contributed by atoms with Crippen molar-refractivity contribution in [3.63, 3.8) is 0 Å². The Balaban J connectivity index is 2.33. The van der Waals surface area contributed by atoms with Crippen LogP contribution in [0.5, 0.6) is 0 Å². The van der Waals surface area contributed by atoms with Gasteiger partial charge in [0.05, 0.1) is 0 Å². The van der Waals surface area contributed by atoms with Crippen molar-refractivity contribution in [1.82, 2.24) is 10.2 Å². The van der Waals surface area contributed by atoms with Crippen molar-refractivity contribution in [2.45, 2.75) is 59.0 Å². The molecule has 0 aromatic rings. The average molecular weight is 212 g/mol. The molecule has 2 unspecified atom stereocenters. The van der Waals surface area contributed by atoms with E-state index in [1.54, 1.807) is 0 Å². The Morgan fingerprint density at radius 2 is 1.93 bits per heavy atom. The summed E-state index contributed by atoms with van der Waals surface area (Å²) in [6.45, 7) is 12.7. The smallest absolute Gasteiger partial charge is 0.0218 e. The minimum Gasteiger partial charge on any atom is -0.313 e. The van der Waals surface area contributed by atoms with Crippen molar-refractivity contribution in [2.75, 3.05) is 19.6 Å². The van der Waals surface area contributed by atoms with Gasteiger partial charge in [0, 0.05) is 18.6 Å². The zero-order valence-corrected chi connectivity index (χ0v) is 10.9. The summed E-state index contributed by atoms with van der Waals surface area (Å²) >= 11 is 0. The molecule has 1 aliphatic rings. The van der Waals surface area contributed by atoms with Crippen LogP contribution >= 0.6 is 0 Å². The molecule has 1 saturated carbocycles. The monoisotopic (exact) mass is 212 g/mol. The molecular formula is C13H28N2. The summed E-state index contributed by atoms with van der Waals surface area (Å²) in [5.74, 6) is 0.987. The summed E-state index contributed by atoms with van der Waals surface area (Å²) in [5, 5.41) is 3.53. The van der Waals surface area contributed by atoms with Gasteiger partial charge in [-0.15, -0.1) is 0 Å². The van der Waals surface area contributed by atoms with E-state index in [4.69, 9.17) is 0 Å². The fourth-order valence-corrected chi connectivity index (χ4v) is 2.40. The van der Waals surface area contributed by atoms with E-state index < -0.39 is 0 Å². The van der Waals surface area contributed by atoms with Crippen LogP contribution in [0.3, 0.4) is 0 Å². The van der Waals surface area contributed by atoms with Crippen LogP contribution in [0.1, 0.15) is 47.0 Å². The predicted molar refractivity (Wildman–Crippen MR) is 67.2 cm³/mol. The Bertz CT molecular complexity index is 166. The molecule has 0 heterocycles. The fraction of sp³-hybridized carbons (Fsp3) is 1.00. The molecule has 1 rings (SSSR count). The second-order valence-electron chi connectivity index (χ2n) is 4.97. The summed E-state index contributed by atoms with van der Waals surface area (Å²) in [7, 11) is 0. The molecule has 0 radical (unpaired) electrons. The van der Waals surface area contributed by atoms with Gasteiger partial charge in [-0.3, -0.25) is 4.90 Å². The zero-order valence-electron chi connectivity index (χ0n) is 10.9. The normalized spacial score (nSPS) is 21.4. The molecule has 1 N–H and O–H groups in total. The quantitative estimate of drug-likeness (QED) is 0.697. The summed E-state index contributed by atoms with van der Waals surface area (Å²) in [5.41, 5.74) is 0. The molecule has 0 aromatic heterocycles. The molecule has 0 bridgehead atoms. The summed E-state index contributed by atoms with van der Waals surface area (Å²) in [6, 6.07) is 1.27. The molecular weight excluding hydrogens is 184 g/mol. The Morgan fingerprint density at radius 1 is 1.27 bits per heavy atom. The number of nitrogens with zero attached hydrogens (tertiary/aromatic N) is 1. The van der Waals surface area contributed by atoms with Crippen molar-refractivity contribution >= 4 is 0 Å². The largest absolute Gasteiger partial charge is 0.313 e. The third-order valence-corrected chi connectivity index (χ3v) is 3.95. The first-order valence-electron chi connectivity index (χ1n) is 6.66. The molecule has 1 aliphatic carbocycles. The van der Waals surface area contributed by atoms with Crippen LogP contribution in [0.15, 0.2) is 0 Å². The molecule has 2 heteroatoms. The van der Waals surface area contributed by atoms with Gasteiger partial charge < -0.3 is 5.32 Å². The van der Waals surface area contributed by atoms with E-state index in [2.05, 4.69) is 37.9 Å². The van der Waals surface area contributed by atoms with Crippen LogP contribution in [-0.4, -0.2) is 36.6 Å². The average Bonchev–Trinajstić information content (AvgIpc) is 2.16. The Kier molecular flexibility index (Phi) is 5.62. The van der Waals surface area contributed by atoms with Gasteiger partial charge in [-0.25, -0.2) is 0 Å². The molecule has 1 fully saturated rings. The van der Waals surface area contributed by atoms with Gasteiger partial charge in [0.15, 0.2) is 0 Å². The van der Waals surface area contributed by atoms with Gasteiger partial charge in [-0.2, -0.15) is 0 Å². The SMILES string of the molecule is CCNC(C)C(C)N(CC)CC1CCC1. The first kappa shape index (κ1) is 13.0. The van der Waals surface area contributed by atoms with Crippen molar-refractivity contribution in [3.05, 3.63) is 0 Å². The van der Waals surface area contributed by atoms with Crippen LogP contribution in [0.2, 0.25) is 0 Å². The maximum absolute atomic E-state index is 3.53. The summed E-state index contributed by atoms with van der Waals surface area (Å²) in [4.78, 5) is 2.64. The Labute approximate surface area is 95.4 Å². The van der Waals surface area contributed by atoms with E-state index >= 15 is 0 Å². The van der Waals surface area contributed by atoms with Gasteiger partial charge in [-0.1, -0.05) is 20.3 Å². The van der Waals surface area contributed by atoms with Crippen LogP contribution < -0.4 is 5.32 Å². The maximum atomic E-state index is 3.53. The van der Waals surface area contributed by atoms with Crippen molar-refractivity contribution in [3.8, 4) is 0 Å². The molecule has 2 nitrogen and oxygen atoms in total. The number of hydrogen-bond acceptors (Lipinski definition) is 2. The van der Waals surface area contributed by atoms with Crippen molar-refractivity contribution < 1.29 is 0 Å². The van der Waals surface area contributed by atoms with Crippen LogP contribution in [0.4, 0.5) is 0 Å². The van der Waals surface area contributed by atoms with E-state index in [1.165, 1.54) is 32.4 Å². The first-order valence-corrected chi connectivity index (χ1v) is 6.66. The van der Waals surface area contributed by atoms with Gasteiger partial charge in [0.2, 0.25) is 0 Å². The maximum Gasteiger partial charge on any atom is 0.0218 e. The number of hydrogen-bond donors (Lipinski definition) is 1. The molecule has 2 atom stereocenters. The van der Waals surface area contributed by atoms with Gasteiger partial charge in [0.1, 0.15) is 0 Å². The topological polar surface area (TPSA) is 15.3 Å². The molecule has 0 saturated heterocycles. The predicted octanol–water partition coefficient (Wildman–Crippen LogP) is 2.49. The lowest BCUT2D eigenvalue weighted by molar-refractivity contribution is 0.127. The van der Waals surface area contributed by atoms with Crippen molar-refractivity contribution in [1.29, 1.82) is 0 Å². The first-order chi connectivity index (χ1) is 7.19.